The lowest BCUT2D eigenvalue weighted by atomic mass is 9.43. The van der Waals surface area contributed by atoms with Gasteiger partial charge in [0.2, 0.25) is 0 Å². The zero-order valence-corrected chi connectivity index (χ0v) is 30.4. The van der Waals surface area contributed by atoms with Gasteiger partial charge >= 0.3 is 0 Å². The van der Waals surface area contributed by atoms with Crippen molar-refractivity contribution in [1.29, 1.82) is 0 Å². The maximum absolute atomic E-state index is 2.62. The van der Waals surface area contributed by atoms with Gasteiger partial charge in [-0.2, -0.15) is 0 Å². The minimum Gasteiger partial charge on any atom is -0.0616 e. The average molecular weight is 689 g/mol. The van der Waals surface area contributed by atoms with E-state index in [4.69, 9.17) is 0 Å². The normalized spacial score (nSPS) is 23.6. The monoisotopic (exact) mass is 688 g/mol. The van der Waals surface area contributed by atoms with Crippen LogP contribution in [0.1, 0.15) is 43.2 Å². The molecule has 0 heteroatoms. The van der Waals surface area contributed by atoms with E-state index in [1.165, 1.54) is 119 Å². The highest BCUT2D eigenvalue weighted by Gasteiger charge is 2.61. The lowest BCUT2D eigenvalue weighted by Crippen LogP contribution is -2.55. The van der Waals surface area contributed by atoms with Gasteiger partial charge in [-0.05, 0) is 178 Å². The van der Waals surface area contributed by atoms with E-state index in [2.05, 4.69) is 158 Å². The quantitative estimate of drug-likeness (QED) is 0.125. The highest BCUT2D eigenvalue weighted by Crippen LogP contribution is 2.70. The summed E-state index contributed by atoms with van der Waals surface area (Å²) in [6, 6.07) is 60.7. The molecule has 0 atom stereocenters. The Labute approximate surface area is 316 Å². The summed E-state index contributed by atoms with van der Waals surface area (Å²) in [5.74, 6) is 3.37. The Morgan fingerprint density at radius 1 is 0.333 bits per heavy atom. The van der Waals surface area contributed by atoms with E-state index in [0.717, 1.165) is 23.7 Å². The van der Waals surface area contributed by atoms with Crippen molar-refractivity contribution < 1.29 is 0 Å². The summed E-state index contributed by atoms with van der Waals surface area (Å²) in [4.78, 5) is 0. The molecule has 0 saturated heterocycles. The number of benzene rings is 9. The van der Waals surface area contributed by atoms with Crippen molar-refractivity contribution in [2.24, 2.45) is 23.7 Å². The van der Waals surface area contributed by atoms with Crippen molar-refractivity contribution >= 4 is 53.9 Å². The minimum absolute atomic E-state index is 0.148. The highest BCUT2D eigenvalue weighted by molar-refractivity contribution is 6.22. The van der Waals surface area contributed by atoms with Gasteiger partial charge in [0, 0.05) is 5.41 Å². The molecule has 0 amide bonds. The molecule has 5 aliphatic carbocycles. The van der Waals surface area contributed by atoms with Gasteiger partial charge in [0.15, 0.2) is 0 Å². The zero-order chi connectivity index (χ0) is 35.1. The Morgan fingerprint density at radius 2 is 0.796 bits per heavy atom. The fourth-order valence-corrected chi connectivity index (χ4v) is 12.9. The number of rotatable bonds is 2. The van der Waals surface area contributed by atoms with Crippen LogP contribution in [0.4, 0.5) is 0 Å². The molecule has 0 radical (unpaired) electrons. The van der Waals surface area contributed by atoms with E-state index in [0.29, 0.717) is 0 Å². The molecular formula is C54H40. The first-order valence-electron chi connectivity index (χ1n) is 20.3. The molecular weight excluding hydrogens is 649 g/mol. The van der Waals surface area contributed by atoms with Crippen LogP contribution in [0, 0.1) is 23.7 Å². The fourth-order valence-electron chi connectivity index (χ4n) is 12.9. The maximum Gasteiger partial charge on any atom is 0.0272 e. The van der Waals surface area contributed by atoms with Crippen LogP contribution in [-0.2, 0) is 5.41 Å². The van der Waals surface area contributed by atoms with Gasteiger partial charge in [-0.15, -0.1) is 0 Å². The van der Waals surface area contributed by atoms with Crippen molar-refractivity contribution in [3.05, 3.63) is 169 Å². The topological polar surface area (TPSA) is 0 Å². The summed E-state index contributed by atoms with van der Waals surface area (Å²) in [6.07, 6.45) is 7.10. The standard InChI is InChI=1S/C54H40/c1-2-11-37-31-51-49(28-36(37)10-1)48-30-39(21-22-50(48)54(51)40-24-32-23-33(26-40)27-41(54)25-32)53-45-15-7-5-13-43(45)52(44-14-6-8-16-46(44)53)38-20-19-35-18-17-34-9-3-4-12-42(34)47(35)29-38/h1-22,28-33,40-41H,23-27H2. The highest BCUT2D eigenvalue weighted by atomic mass is 14.6. The van der Waals surface area contributed by atoms with Gasteiger partial charge in [-0.1, -0.05) is 133 Å². The summed E-state index contributed by atoms with van der Waals surface area (Å²) < 4.78 is 0. The van der Waals surface area contributed by atoms with Crippen molar-refractivity contribution in [1.82, 2.24) is 0 Å². The molecule has 0 aliphatic heterocycles. The molecule has 4 bridgehead atoms. The molecule has 4 saturated carbocycles. The van der Waals surface area contributed by atoms with Crippen LogP contribution in [0.2, 0.25) is 0 Å². The van der Waals surface area contributed by atoms with Crippen LogP contribution < -0.4 is 0 Å². The van der Waals surface area contributed by atoms with Crippen LogP contribution >= 0.6 is 0 Å². The number of hydrogen-bond acceptors (Lipinski definition) is 0. The molecule has 4 fully saturated rings. The molecule has 1 spiro atoms. The first-order valence-corrected chi connectivity index (χ1v) is 20.3. The Kier molecular flexibility index (Phi) is 5.89. The van der Waals surface area contributed by atoms with Crippen LogP contribution in [0.3, 0.4) is 0 Å². The van der Waals surface area contributed by atoms with Crippen molar-refractivity contribution in [3.63, 3.8) is 0 Å². The second kappa shape index (κ2) is 10.7. The molecule has 0 heterocycles. The number of fused-ring (bicyclic) bond motifs is 9. The number of hydrogen-bond donors (Lipinski definition) is 0. The molecule has 0 nitrogen and oxygen atoms in total. The predicted molar refractivity (Wildman–Crippen MR) is 228 cm³/mol. The first kappa shape index (κ1) is 29.7. The van der Waals surface area contributed by atoms with Gasteiger partial charge in [0.05, 0.1) is 0 Å². The second-order valence-corrected chi connectivity index (χ2v) is 17.2. The van der Waals surface area contributed by atoms with Crippen LogP contribution in [0.5, 0.6) is 0 Å². The summed E-state index contributed by atoms with van der Waals surface area (Å²) in [5, 5.41) is 13.2. The maximum atomic E-state index is 2.62. The second-order valence-electron chi connectivity index (χ2n) is 17.2. The van der Waals surface area contributed by atoms with Gasteiger partial charge in [-0.3, -0.25) is 0 Å². The molecule has 256 valence electrons. The van der Waals surface area contributed by atoms with E-state index in [9.17, 15) is 0 Å². The van der Waals surface area contributed by atoms with Crippen LogP contribution in [0.15, 0.2) is 158 Å². The third kappa shape index (κ3) is 3.84. The molecule has 14 rings (SSSR count). The summed E-state index contributed by atoms with van der Waals surface area (Å²) in [5.41, 5.74) is 11.7. The Balaban J connectivity index is 1.07. The zero-order valence-electron chi connectivity index (χ0n) is 30.4. The van der Waals surface area contributed by atoms with Crippen LogP contribution in [0.25, 0.3) is 87.2 Å². The summed E-state index contributed by atoms with van der Waals surface area (Å²) in [7, 11) is 0. The van der Waals surface area contributed by atoms with E-state index in [1.807, 2.05) is 0 Å². The third-order valence-electron chi connectivity index (χ3n) is 14.8. The van der Waals surface area contributed by atoms with Gasteiger partial charge < -0.3 is 0 Å². The fraction of sp³-hybridized carbons (Fsp3) is 0.185. The molecule has 0 unspecified atom stereocenters. The summed E-state index contributed by atoms with van der Waals surface area (Å²) >= 11 is 0. The van der Waals surface area contributed by atoms with Gasteiger partial charge in [0.25, 0.3) is 0 Å². The largest absolute Gasteiger partial charge is 0.0616 e. The van der Waals surface area contributed by atoms with Crippen LogP contribution in [-0.4, -0.2) is 0 Å². The van der Waals surface area contributed by atoms with E-state index in [1.54, 1.807) is 11.1 Å². The average Bonchev–Trinajstić information content (AvgIpc) is 3.49. The SMILES string of the molecule is c1ccc2cc3c(cc2c1)-c1cc(-c2c4ccccc4c(-c4ccc5ccc6ccccc6c5c4)c4ccccc24)ccc1C31C2CC3CC(C2)CC1C3. The lowest BCUT2D eigenvalue weighted by molar-refractivity contribution is -0.0398. The smallest absolute Gasteiger partial charge is 0.0272 e. The summed E-state index contributed by atoms with van der Waals surface area (Å²) in [6.45, 7) is 0. The molecule has 0 aromatic heterocycles. The van der Waals surface area contributed by atoms with E-state index in [-0.39, 0.29) is 5.41 Å². The lowest BCUT2D eigenvalue weighted by Gasteiger charge is -2.61. The first-order chi connectivity index (χ1) is 26.7. The third-order valence-corrected chi connectivity index (χ3v) is 14.8. The molecule has 5 aliphatic rings. The van der Waals surface area contributed by atoms with Crippen molar-refractivity contribution in [3.8, 4) is 33.4 Å². The molecule has 9 aromatic rings. The molecule has 0 N–H and O–H groups in total. The van der Waals surface area contributed by atoms with Crippen molar-refractivity contribution in [2.45, 2.75) is 37.5 Å². The Hall–Kier alpha value is -5.72. The van der Waals surface area contributed by atoms with Crippen molar-refractivity contribution in [2.75, 3.05) is 0 Å². The van der Waals surface area contributed by atoms with E-state index < -0.39 is 0 Å². The predicted octanol–water partition coefficient (Wildman–Crippen LogP) is 14.5. The minimum atomic E-state index is 0.148. The van der Waals surface area contributed by atoms with Gasteiger partial charge in [-0.25, -0.2) is 0 Å². The Morgan fingerprint density at radius 3 is 1.43 bits per heavy atom. The van der Waals surface area contributed by atoms with Gasteiger partial charge in [0.1, 0.15) is 0 Å². The molecule has 9 aromatic carbocycles. The Bertz CT molecular complexity index is 2980. The molecule has 54 heavy (non-hydrogen) atoms. The van der Waals surface area contributed by atoms with E-state index >= 15 is 0 Å².